The summed E-state index contributed by atoms with van der Waals surface area (Å²) in [6, 6.07) is 15.0. The van der Waals surface area contributed by atoms with Crippen LogP contribution in [0.1, 0.15) is 44.5 Å². The summed E-state index contributed by atoms with van der Waals surface area (Å²) in [5.41, 5.74) is 3.63. The molecule has 0 radical (unpaired) electrons. The second kappa shape index (κ2) is 9.67. The molecule has 7 nitrogen and oxygen atoms in total. The molecule has 2 aromatic carbocycles. The van der Waals surface area contributed by atoms with Crippen LogP contribution in [0.5, 0.6) is 0 Å². The fourth-order valence-electron chi connectivity index (χ4n) is 4.13. The van der Waals surface area contributed by atoms with E-state index in [1.807, 2.05) is 48.5 Å². The number of rotatable bonds is 7. The zero-order chi connectivity index (χ0) is 25.4. The molecule has 0 aliphatic carbocycles. The van der Waals surface area contributed by atoms with Crippen molar-refractivity contribution in [3.8, 4) is 0 Å². The molecule has 0 saturated heterocycles. The molecule has 9 heteroatoms. The Hall–Kier alpha value is -3.82. The maximum Gasteiger partial charge on any atom is 0.350 e. The molecule has 1 N–H and O–H groups in total. The molecule has 1 amide bonds. The van der Waals surface area contributed by atoms with Crippen molar-refractivity contribution in [2.45, 2.75) is 26.3 Å². The smallest absolute Gasteiger partial charge is 0.350 e. The number of carbonyl (C=O) groups excluding carboxylic acids is 2. The monoisotopic (exact) mass is 517 g/mol. The summed E-state index contributed by atoms with van der Waals surface area (Å²) in [5, 5.41) is 12.0. The zero-order valence-corrected chi connectivity index (χ0v) is 21.4. The number of carbonyl (C=O) groups is 2. The Kier molecular flexibility index (Phi) is 6.42. The molecule has 1 atom stereocenters. The van der Waals surface area contributed by atoms with E-state index in [2.05, 4.69) is 18.5 Å². The largest absolute Gasteiger partial charge is 0.503 e. The lowest BCUT2D eigenvalue weighted by Gasteiger charge is -2.24. The number of aryl methyl sites for hydroxylation is 2. The lowest BCUT2D eigenvalue weighted by Crippen LogP contribution is -2.30. The first-order valence-electron chi connectivity index (χ1n) is 11.4. The number of anilines is 1. The molecule has 0 fully saturated rings. The van der Waals surface area contributed by atoms with Crippen LogP contribution in [0.4, 0.5) is 5.13 Å². The molecule has 3 heterocycles. The van der Waals surface area contributed by atoms with E-state index >= 15 is 0 Å². The third kappa shape index (κ3) is 4.10. The SMILES string of the molecule is C=CCOC(=O)c1sc(N2C(=O)C(O)=C(c3nc4ccccc4s3)[C@H]2c2ccc(CC)cc2)nc1C. The summed E-state index contributed by atoms with van der Waals surface area (Å²) in [5.74, 6) is -1.49. The Balaban J connectivity index is 1.64. The molecule has 2 aromatic heterocycles. The Morgan fingerprint density at radius 1 is 1.17 bits per heavy atom. The third-order valence-corrected chi connectivity index (χ3v) is 8.15. The molecule has 5 rings (SSSR count). The first-order valence-corrected chi connectivity index (χ1v) is 13.0. The minimum atomic E-state index is -0.661. The van der Waals surface area contributed by atoms with E-state index in [1.54, 1.807) is 6.92 Å². The Labute approximate surface area is 216 Å². The number of para-hydroxylation sites is 1. The second-order valence-electron chi connectivity index (χ2n) is 8.22. The van der Waals surface area contributed by atoms with Gasteiger partial charge in [-0.1, -0.05) is 67.3 Å². The maximum absolute atomic E-state index is 13.5. The van der Waals surface area contributed by atoms with Crippen LogP contribution in [0.15, 0.2) is 66.9 Å². The summed E-state index contributed by atoms with van der Waals surface area (Å²) in [6.45, 7) is 7.40. The van der Waals surface area contributed by atoms with Crippen LogP contribution in [0.25, 0.3) is 15.8 Å². The number of aliphatic hydroxyl groups is 1. The van der Waals surface area contributed by atoms with Crippen molar-refractivity contribution in [3.05, 3.63) is 93.7 Å². The number of nitrogens with zero attached hydrogens (tertiary/aromatic N) is 3. The Morgan fingerprint density at radius 2 is 1.92 bits per heavy atom. The molecule has 1 aliphatic rings. The summed E-state index contributed by atoms with van der Waals surface area (Å²) < 4.78 is 6.14. The molecular formula is C27H23N3O4S2. The lowest BCUT2D eigenvalue weighted by molar-refractivity contribution is -0.117. The van der Waals surface area contributed by atoms with Crippen LogP contribution in [-0.4, -0.2) is 33.6 Å². The van der Waals surface area contributed by atoms with Gasteiger partial charge in [0.05, 0.1) is 27.5 Å². The van der Waals surface area contributed by atoms with Gasteiger partial charge in [0.25, 0.3) is 5.91 Å². The Bertz CT molecular complexity index is 1480. The predicted octanol–water partition coefficient (Wildman–Crippen LogP) is 6.02. The van der Waals surface area contributed by atoms with Gasteiger partial charge in [-0.05, 0) is 36.6 Å². The lowest BCUT2D eigenvalue weighted by atomic mass is 9.98. The summed E-state index contributed by atoms with van der Waals surface area (Å²) in [6.07, 6.45) is 2.36. The van der Waals surface area contributed by atoms with E-state index in [1.165, 1.54) is 22.3 Å². The third-order valence-electron chi connectivity index (χ3n) is 5.95. The molecule has 4 aromatic rings. The highest BCUT2D eigenvalue weighted by Gasteiger charge is 2.45. The Morgan fingerprint density at radius 3 is 2.61 bits per heavy atom. The van der Waals surface area contributed by atoms with Gasteiger partial charge in [0.15, 0.2) is 10.9 Å². The first kappa shape index (κ1) is 23.9. The quantitative estimate of drug-likeness (QED) is 0.238. The average Bonchev–Trinajstić information content (AvgIpc) is 3.56. The summed E-state index contributed by atoms with van der Waals surface area (Å²) >= 11 is 2.48. The molecule has 1 aliphatic heterocycles. The van der Waals surface area contributed by atoms with Crippen LogP contribution in [0.2, 0.25) is 0 Å². The number of hydrogen-bond donors (Lipinski definition) is 1. The molecular weight excluding hydrogens is 494 g/mol. The highest BCUT2D eigenvalue weighted by atomic mass is 32.1. The normalized spacial score (nSPS) is 15.7. The van der Waals surface area contributed by atoms with Gasteiger partial charge in [-0.25, -0.2) is 14.8 Å². The van der Waals surface area contributed by atoms with Gasteiger partial charge >= 0.3 is 5.97 Å². The fourth-order valence-corrected chi connectivity index (χ4v) is 6.16. The number of thiazole rings is 2. The minimum absolute atomic E-state index is 0.0741. The van der Waals surface area contributed by atoms with Gasteiger partial charge in [-0.3, -0.25) is 9.69 Å². The van der Waals surface area contributed by atoms with Crippen molar-refractivity contribution in [3.63, 3.8) is 0 Å². The summed E-state index contributed by atoms with van der Waals surface area (Å²) in [7, 11) is 0. The van der Waals surface area contributed by atoms with Gasteiger partial charge in [-0.2, -0.15) is 0 Å². The summed E-state index contributed by atoms with van der Waals surface area (Å²) in [4.78, 5) is 37.0. The van der Waals surface area contributed by atoms with Crippen molar-refractivity contribution in [2.24, 2.45) is 0 Å². The molecule has 0 unspecified atom stereocenters. The van der Waals surface area contributed by atoms with Crippen LogP contribution < -0.4 is 4.90 Å². The average molecular weight is 518 g/mol. The van der Waals surface area contributed by atoms with E-state index in [4.69, 9.17) is 9.72 Å². The molecule has 0 saturated carbocycles. The van der Waals surface area contributed by atoms with Crippen molar-refractivity contribution in [1.29, 1.82) is 0 Å². The van der Waals surface area contributed by atoms with Gasteiger partial charge in [-0.15, -0.1) is 11.3 Å². The van der Waals surface area contributed by atoms with Crippen molar-refractivity contribution in [2.75, 3.05) is 11.5 Å². The molecule has 0 spiro atoms. The first-order chi connectivity index (χ1) is 17.4. The predicted molar refractivity (Wildman–Crippen MR) is 143 cm³/mol. The number of aromatic nitrogens is 2. The van der Waals surface area contributed by atoms with E-state index < -0.39 is 17.9 Å². The fraction of sp³-hybridized carbons (Fsp3) is 0.185. The van der Waals surface area contributed by atoms with E-state index in [-0.39, 0.29) is 12.4 Å². The standard InChI is InChI=1S/C27H23N3O4S2/c1-4-14-34-26(33)23-15(3)28-27(36-23)30-21(17-12-10-16(5-2)11-13-17)20(22(31)25(30)32)24-29-18-8-6-7-9-19(18)35-24/h4,6-13,21,31H,1,5,14H2,2-3H3/t21-/m1/s1. The highest BCUT2D eigenvalue weighted by Crippen LogP contribution is 2.48. The van der Waals surface area contributed by atoms with Crippen molar-refractivity contribution < 1.29 is 19.4 Å². The second-order valence-corrected chi connectivity index (χ2v) is 10.2. The number of aliphatic hydroxyl groups excluding tert-OH is 1. The van der Waals surface area contributed by atoms with Gasteiger partial charge in [0.1, 0.15) is 16.5 Å². The number of benzene rings is 2. The number of fused-ring (bicyclic) bond motifs is 1. The van der Waals surface area contributed by atoms with Gasteiger partial charge < -0.3 is 9.84 Å². The molecule has 182 valence electrons. The van der Waals surface area contributed by atoms with Crippen LogP contribution >= 0.6 is 22.7 Å². The van der Waals surface area contributed by atoms with Crippen LogP contribution in [0.3, 0.4) is 0 Å². The van der Waals surface area contributed by atoms with Crippen LogP contribution in [-0.2, 0) is 16.0 Å². The van der Waals surface area contributed by atoms with Gasteiger partial charge in [0.2, 0.25) is 0 Å². The van der Waals surface area contributed by atoms with E-state index in [0.717, 1.165) is 39.1 Å². The van der Waals surface area contributed by atoms with E-state index in [9.17, 15) is 14.7 Å². The van der Waals surface area contributed by atoms with Crippen molar-refractivity contribution >= 4 is 55.5 Å². The number of ether oxygens (including phenoxy) is 1. The van der Waals surface area contributed by atoms with Crippen LogP contribution in [0, 0.1) is 6.92 Å². The highest BCUT2D eigenvalue weighted by molar-refractivity contribution is 7.19. The minimum Gasteiger partial charge on any atom is -0.503 e. The topological polar surface area (TPSA) is 92.6 Å². The number of hydrogen-bond acceptors (Lipinski definition) is 8. The number of esters is 1. The maximum atomic E-state index is 13.5. The van der Waals surface area contributed by atoms with Gasteiger partial charge in [0, 0.05) is 0 Å². The molecule has 36 heavy (non-hydrogen) atoms. The van der Waals surface area contributed by atoms with E-state index in [0.29, 0.717) is 26.3 Å². The number of amides is 1. The molecule has 0 bridgehead atoms. The van der Waals surface area contributed by atoms with Crippen molar-refractivity contribution in [1.82, 2.24) is 9.97 Å². The zero-order valence-electron chi connectivity index (χ0n) is 19.7.